The molecule has 0 aliphatic rings. The third kappa shape index (κ3) is 5.95. The van der Waals surface area contributed by atoms with Crippen molar-refractivity contribution >= 4 is 23.1 Å². The fourth-order valence-corrected chi connectivity index (χ4v) is 3.33. The summed E-state index contributed by atoms with van der Waals surface area (Å²) in [5.74, 6) is 1.07. The lowest BCUT2D eigenvalue weighted by molar-refractivity contribution is -0.384. The number of aryl methyl sites for hydroxylation is 1. The molecule has 0 saturated carbocycles. The number of carbonyl (C=O) groups excluding carboxylic acids is 2. The van der Waals surface area contributed by atoms with Crippen LogP contribution in [0.3, 0.4) is 0 Å². The van der Waals surface area contributed by atoms with Crippen molar-refractivity contribution in [1.82, 2.24) is 0 Å². The zero-order valence-corrected chi connectivity index (χ0v) is 19.5. The summed E-state index contributed by atoms with van der Waals surface area (Å²) in [6.45, 7) is 3.41. The van der Waals surface area contributed by atoms with Gasteiger partial charge in [-0.25, -0.2) is 0 Å². The number of anilines is 1. The van der Waals surface area contributed by atoms with Crippen LogP contribution in [0.15, 0.2) is 83.3 Å². The van der Waals surface area contributed by atoms with Gasteiger partial charge in [-0.2, -0.15) is 0 Å². The van der Waals surface area contributed by atoms with Gasteiger partial charge in [-0.3, -0.25) is 19.7 Å². The molecule has 0 aliphatic heterocycles. The maximum absolute atomic E-state index is 12.7. The molecule has 9 heteroatoms. The number of nitrogens with zero attached hydrogens (tertiary/aromatic N) is 1. The number of nitro benzene ring substituents is 1. The fraction of sp³-hybridized carbons (Fsp3) is 0.111. The van der Waals surface area contributed by atoms with Crippen molar-refractivity contribution < 1.29 is 28.4 Å². The monoisotopic (exact) mass is 486 g/mol. The minimum absolute atomic E-state index is 0.00778. The van der Waals surface area contributed by atoms with Crippen molar-refractivity contribution in [2.45, 2.75) is 20.5 Å². The number of ketones is 1. The lowest BCUT2D eigenvalue weighted by Crippen LogP contribution is -2.11. The molecule has 0 fully saturated rings. The average Bonchev–Trinajstić information content (AvgIpc) is 3.34. The molecule has 36 heavy (non-hydrogen) atoms. The first kappa shape index (κ1) is 24.2. The van der Waals surface area contributed by atoms with Gasteiger partial charge in [0.05, 0.1) is 16.7 Å². The van der Waals surface area contributed by atoms with E-state index in [1.165, 1.54) is 31.2 Å². The van der Waals surface area contributed by atoms with Gasteiger partial charge in [0.2, 0.25) is 0 Å². The lowest BCUT2D eigenvalue weighted by atomic mass is 10.1. The van der Waals surface area contributed by atoms with E-state index in [9.17, 15) is 19.7 Å². The average molecular weight is 486 g/mol. The van der Waals surface area contributed by atoms with Crippen LogP contribution in [0.5, 0.6) is 17.2 Å². The highest BCUT2D eigenvalue weighted by atomic mass is 16.6. The van der Waals surface area contributed by atoms with Crippen molar-refractivity contribution in [2.24, 2.45) is 0 Å². The fourth-order valence-electron chi connectivity index (χ4n) is 3.33. The molecule has 0 unspecified atom stereocenters. The molecule has 1 amide bonds. The van der Waals surface area contributed by atoms with Crippen LogP contribution in [0.2, 0.25) is 0 Å². The van der Waals surface area contributed by atoms with E-state index in [1.54, 1.807) is 42.5 Å². The molecule has 0 spiro atoms. The Morgan fingerprint density at radius 2 is 1.72 bits per heavy atom. The van der Waals surface area contributed by atoms with E-state index in [0.29, 0.717) is 22.8 Å². The van der Waals surface area contributed by atoms with E-state index in [-0.39, 0.29) is 35.3 Å². The summed E-state index contributed by atoms with van der Waals surface area (Å²) in [4.78, 5) is 34.9. The van der Waals surface area contributed by atoms with Crippen molar-refractivity contribution in [3.05, 3.63) is 112 Å². The summed E-state index contributed by atoms with van der Waals surface area (Å²) in [6, 6.07) is 21.0. The van der Waals surface area contributed by atoms with Gasteiger partial charge in [-0.1, -0.05) is 18.2 Å². The maximum Gasteiger partial charge on any atom is 0.291 e. The van der Waals surface area contributed by atoms with Gasteiger partial charge < -0.3 is 19.2 Å². The summed E-state index contributed by atoms with van der Waals surface area (Å²) in [6.07, 6.45) is 0. The highest BCUT2D eigenvalue weighted by Gasteiger charge is 2.17. The van der Waals surface area contributed by atoms with Gasteiger partial charge in [0.15, 0.2) is 11.5 Å². The second-order valence-electron chi connectivity index (χ2n) is 7.93. The molecule has 0 radical (unpaired) electrons. The molecule has 4 aromatic rings. The minimum atomic E-state index is -0.589. The standard InChI is InChI=1S/C27H22N2O7/c1-17-5-3-4-6-25(17)36-24-14-20(13-21(15-24)29(32)33)28-27(31)26-12-11-23(35-26)16-34-22-9-7-19(8-10-22)18(2)30/h3-15H,16H2,1-2H3,(H,28,31). The highest BCUT2D eigenvalue weighted by Crippen LogP contribution is 2.31. The van der Waals surface area contributed by atoms with Crippen LogP contribution in [0.4, 0.5) is 11.4 Å². The molecule has 0 aliphatic carbocycles. The van der Waals surface area contributed by atoms with E-state index in [1.807, 2.05) is 19.1 Å². The molecule has 3 aromatic carbocycles. The summed E-state index contributed by atoms with van der Waals surface area (Å²) in [5, 5.41) is 14.0. The Morgan fingerprint density at radius 3 is 2.42 bits per heavy atom. The van der Waals surface area contributed by atoms with E-state index in [2.05, 4.69) is 5.32 Å². The molecular weight excluding hydrogens is 464 g/mol. The molecule has 0 saturated heterocycles. The zero-order valence-electron chi connectivity index (χ0n) is 19.5. The quantitative estimate of drug-likeness (QED) is 0.167. The van der Waals surface area contributed by atoms with Gasteiger partial charge in [0.25, 0.3) is 11.6 Å². The second-order valence-corrected chi connectivity index (χ2v) is 7.93. The van der Waals surface area contributed by atoms with Gasteiger partial charge in [0, 0.05) is 17.7 Å². The molecule has 1 heterocycles. The third-order valence-electron chi connectivity index (χ3n) is 5.21. The Labute approximate surface area is 206 Å². The summed E-state index contributed by atoms with van der Waals surface area (Å²) in [5.41, 5.74) is 1.38. The number of hydrogen-bond acceptors (Lipinski definition) is 7. The molecule has 1 N–H and O–H groups in total. The first-order valence-corrected chi connectivity index (χ1v) is 11.0. The Morgan fingerprint density at radius 1 is 0.972 bits per heavy atom. The number of rotatable bonds is 9. The van der Waals surface area contributed by atoms with Gasteiger partial charge in [-0.05, 0) is 61.9 Å². The number of hydrogen-bond donors (Lipinski definition) is 1. The topological polar surface area (TPSA) is 121 Å². The molecule has 0 bridgehead atoms. The molecule has 1 aromatic heterocycles. The summed E-state index contributed by atoms with van der Waals surface area (Å²) in [7, 11) is 0. The maximum atomic E-state index is 12.7. The van der Waals surface area contributed by atoms with E-state index in [4.69, 9.17) is 13.9 Å². The van der Waals surface area contributed by atoms with E-state index < -0.39 is 10.8 Å². The van der Waals surface area contributed by atoms with E-state index >= 15 is 0 Å². The number of Topliss-reactive ketones (excluding diaryl/α,β-unsaturated/α-hetero) is 1. The van der Waals surface area contributed by atoms with Crippen LogP contribution in [0.1, 0.15) is 39.2 Å². The van der Waals surface area contributed by atoms with E-state index in [0.717, 1.165) is 5.56 Å². The van der Waals surface area contributed by atoms with Gasteiger partial charge >= 0.3 is 0 Å². The van der Waals surface area contributed by atoms with Crippen molar-refractivity contribution in [3.63, 3.8) is 0 Å². The predicted octanol–water partition coefficient (Wildman–Crippen LogP) is 6.32. The Kier molecular flexibility index (Phi) is 7.10. The second kappa shape index (κ2) is 10.6. The van der Waals surface area contributed by atoms with Crippen LogP contribution in [-0.2, 0) is 6.61 Å². The molecule has 4 rings (SSSR count). The Bertz CT molecular complexity index is 1420. The van der Waals surface area contributed by atoms with Crippen LogP contribution in [-0.4, -0.2) is 16.6 Å². The minimum Gasteiger partial charge on any atom is -0.486 e. The van der Waals surface area contributed by atoms with Crippen LogP contribution < -0.4 is 14.8 Å². The Hall–Kier alpha value is -4.92. The number of amides is 1. The number of benzene rings is 3. The number of furan rings is 1. The Balaban J connectivity index is 1.44. The van der Waals surface area contributed by atoms with Crippen molar-refractivity contribution in [3.8, 4) is 17.2 Å². The zero-order chi connectivity index (χ0) is 25.7. The third-order valence-corrected chi connectivity index (χ3v) is 5.21. The normalized spacial score (nSPS) is 10.5. The van der Waals surface area contributed by atoms with Crippen molar-refractivity contribution in [1.29, 1.82) is 0 Å². The highest BCUT2D eigenvalue weighted by molar-refractivity contribution is 6.02. The molecule has 182 valence electrons. The number of para-hydroxylation sites is 1. The number of carbonyl (C=O) groups is 2. The summed E-state index contributed by atoms with van der Waals surface area (Å²) < 4.78 is 17.0. The van der Waals surface area contributed by atoms with Crippen LogP contribution in [0, 0.1) is 17.0 Å². The number of nitro groups is 1. The number of nitrogens with one attached hydrogen (secondary N) is 1. The molecule has 9 nitrogen and oxygen atoms in total. The SMILES string of the molecule is CC(=O)c1ccc(OCc2ccc(C(=O)Nc3cc(Oc4ccccc4C)cc([N+](=O)[O-])c3)o2)cc1. The first-order chi connectivity index (χ1) is 17.3. The van der Waals surface area contributed by atoms with Gasteiger partial charge in [-0.15, -0.1) is 0 Å². The smallest absolute Gasteiger partial charge is 0.291 e. The molecule has 0 atom stereocenters. The largest absolute Gasteiger partial charge is 0.486 e. The van der Waals surface area contributed by atoms with Crippen LogP contribution >= 0.6 is 0 Å². The number of non-ortho nitro benzene ring substituents is 1. The predicted molar refractivity (Wildman–Crippen MR) is 132 cm³/mol. The lowest BCUT2D eigenvalue weighted by Gasteiger charge is -2.10. The summed E-state index contributed by atoms with van der Waals surface area (Å²) >= 11 is 0. The van der Waals surface area contributed by atoms with Crippen LogP contribution in [0.25, 0.3) is 0 Å². The molecular formula is C27H22N2O7. The van der Waals surface area contributed by atoms with Gasteiger partial charge in [0.1, 0.15) is 29.6 Å². The number of ether oxygens (including phenoxy) is 2. The first-order valence-electron chi connectivity index (χ1n) is 11.0. The van der Waals surface area contributed by atoms with Crippen molar-refractivity contribution in [2.75, 3.05) is 5.32 Å².